The second kappa shape index (κ2) is 3.06. The highest BCUT2D eigenvalue weighted by Crippen LogP contribution is 2.06. The number of H-pyrrole nitrogens is 1. The summed E-state index contributed by atoms with van der Waals surface area (Å²) in [4.78, 5) is 17.7. The lowest BCUT2D eigenvalue weighted by Crippen LogP contribution is -2.07. The van der Waals surface area contributed by atoms with Crippen LogP contribution >= 0.6 is 22.6 Å². The quantitative estimate of drug-likeness (QED) is 0.592. The van der Waals surface area contributed by atoms with E-state index in [2.05, 4.69) is 9.97 Å². The van der Waals surface area contributed by atoms with Gasteiger partial charge >= 0.3 is 0 Å². The van der Waals surface area contributed by atoms with Crippen molar-refractivity contribution in [3.05, 3.63) is 38.1 Å². The maximum absolute atomic E-state index is 12.6. The van der Waals surface area contributed by atoms with E-state index in [-0.39, 0.29) is 11.1 Å². The highest BCUT2D eigenvalue weighted by Gasteiger charge is 2.03. The van der Waals surface area contributed by atoms with Crippen molar-refractivity contribution in [3.8, 4) is 0 Å². The van der Waals surface area contributed by atoms with E-state index in [9.17, 15) is 9.18 Å². The first kappa shape index (κ1) is 8.61. The molecule has 0 atom stereocenters. The molecule has 1 N–H and O–H groups in total. The van der Waals surface area contributed by atoms with Gasteiger partial charge in [0.1, 0.15) is 5.65 Å². The lowest BCUT2D eigenvalue weighted by molar-refractivity contribution is 0.588. The molecule has 0 unspecified atom stereocenters. The fraction of sp³-hybridized carbons (Fsp3) is 0. The van der Waals surface area contributed by atoms with Gasteiger partial charge in [0.2, 0.25) is 11.4 Å². The third kappa shape index (κ3) is 1.43. The molecule has 0 aliphatic heterocycles. The van der Waals surface area contributed by atoms with E-state index in [1.54, 1.807) is 0 Å². The van der Waals surface area contributed by atoms with Crippen LogP contribution in [-0.4, -0.2) is 9.97 Å². The Morgan fingerprint density at radius 3 is 3.00 bits per heavy atom. The minimum atomic E-state index is -0.593. The van der Waals surface area contributed by atoms with E-state index in [1.807, 2.05) is 22.6 Å². The van der Waals surface area contributed by atoms with Crippen LogP contribution in [0.1, 0.15) is 0 Å². The summed E-state index contributed by atoms with van der Waals surface area (Å²) >= 11 is 1.92. The first-order valence-electron chi connectivity index (χ1n) is 3.52. The third-order valence-electron chi connectivity index (χ3n) is 1.66. The van der Waals surface area contributed by atoms with Crippen molar-refractivity contribution < 1.29 is 4.39 Å². The Balaban J connectivity index is 2.95. The summed E-state index contributed by atoms with van der Waals surface area (Å²) in [6, 6.07) is 2.60. The second-order valence-electron chi connectivity index (χ2n) is 2.50. The minimum Gasteiger partial charge on any atom is -0.345 e. The summed E-state index contributed by atoms with van der Waals surface area (Å²) in [5, 5.41) is 0.410. The molecular formula is C8H4FIN2O. The van der Waals surface area contributed by atoms with Crippen LogP contribution < -0.4 is 5.43 Å². The minimum absolute atomic E-state index is 0.123. The molecule has 0 amide bonds. The molecule has 0 fully saturated rings. The Labute approximate surface area is 86.1 Å². The molecule has 0 saturated heterocycles. The molecule has 5 heteroatoms. The number of pyridine rings is 2. The molecule has 3 nitrogen and oxygen atoms in total. The molecule has 0 aliphatic rings. The summed E-state index contributed by atoms with van der Waals surface area (Å²) in [5.41, 5.74) is 0.160. The van der Waals surface area contributed by atoms with Gasteiger partial charge < -0.3 is 4.98 Å². The fourth-order valence-electron chi connectivity index (χ4n) is 1.05. The standard InChI is InChI=1S/C8H4FIN2O/c9-6-2-1-4-7(13)5(10)3-11-8(4)12-6/h1-3H,(H,11,12,13). The Kier molecular flexibility index (Phi) is 2.03. The molecule has 0 bridgehead atoms. The van der Waals surface area contributed by atoms with Crippen LogP contribution in [0, 0.1) is 9.52 Å². The van der Waals surface area contributed by atoms with E-state index in [1.165, 1.54) is 18.3 Å². The average Bonchev–Trinajstić information content (AvgIpc) is 2.12. The Hall–Kier alpha value is -0.980. The van der Waals surface area contributed by atoms with Crippen molar-refractivity contribution in [2.75, 3.05) is 0 Å². The molecule has 2 aromatic heterocycles. The summed E-state index contributed by atoms with van der Waals surface area (Å²) in [5.74, 6) is -0.593. The fourth-order valence-corrected chi connectivity index (χ4v) is 1.50. The maximum Gasteiger partial charge on any atom is 0.214 e. The topological polar surface area (TPSA) is 45.8 Å². The molecule has 0 spiro atoms. The zero-order chi connectivity index (χ0) is 9.42. The molecule has 2 heterocycles. The highest BCUT2D eigenvalue weighted by atomic mass is 127. The Morgan fingerprint density at radius 1 is 1.46 bits per heavy atom. The van der Waals surface area contributed by atoms with Gasteiger partial charge in [0.25, 0.3) is 0 Å². The number of hydrogen-bond donors (Lipinski definition) is 1. The van der Waals surface area contributed by atoms with E-state index < -0.39 is 5.95 Å². The van der Waals surface area contributed by atoms with Gasteiger partial charge in [0.05, 0.1) is 8.96 Å². The van der Waals surface area contributed by atoms with Crippen LogP contribution in [0.4, 0.5) is 4.39 Å². The number of nitrogens with zero attached hydrogens (tertiary/aromatic N) is 1. The predicted octanol–water partition coefficient (Wildman–Crippen LogP) is 1.67. The Morgan fingerprint density at radius 2 is 2.23 bits per heavy atom. The largest absolute Gasteiger partial charge is 0.345 e. The number of rotatable bonds is 0. The van der Waals surface area contributed by atoms with Crippen LogP contribution in [0.5, 0.6) is 0 Å². The van der Waals surface area contributed by atoms with Crippen LogP contribution in [-0.2, 0) is 0 Å². The van der Waals surface area contributed by atoms with E-state index in [0.29, 0.717) is 8.96 Å². The van der Waals surface area contributed by atoms with Crippen molar-refractivity contribution in [1.82, 2.24) is 9.97 Å². The van der Waals surface area contributed by atoms with Gasteiger partial charge in [0.15, 0.2) is 0 Å². The summed E-state index contributed by atoms with van der Waals surface area (Å²) in [6.45, 7) is 0. The molecule has 0 aromatic carbocycles. The van der Waals surface area contributed by atoms with Crippen molar-refractivity contribution in [1.29, 1.82) is 0 Å². The molecule has 2 rings (SSSR count). The van der Waals surface area contributed by atoms with Gasteiger partial charge in [0, 0.05) is 6.20 Å². The molecule has 66 valence electrons. The van der Waals surface area contributed by atoms with Crippen LogP contribution in [0.25, 0.3) is 11.0 Å². The highest BCUT2D eigenvalue weighted by molar-refractivity contribution is 14.1. The van der Waals surface area contributed by atoms with Crippen LogP contribution in [0.15, 0.2) is 23.1 Å². The lowest BCUT2D eigenvalue weighted by atomic mass is 10.3. The second-order valence-corrected chi connectivity index (χ2v) is 3.66. The molecular weight excluding hydrogens is 286 g/mol. The van der Waals surface area contributed by atoms with Crippen LogP contribution in [0.2, 0.25) is 0 Å². The molecule has 0 saturated carbocycles. The van der Waals surface area contributed by atoms with E-state index in [0.717, 1.165) is 0 Å². The number of aromatic nitrogens is 2. The van der Waals surface area contributed by atoms with Crippen molar-refractivity contribution in [2.45, 2.75) is 0 Å². The molecule has 0 aliphatic carbocycles. The zero-order valence-corrected chi connectivity index (χ0v) is 8.50. The van der Waals surface area contributed by atoms with Gasteiger partial charge in [-0.2, -0.15) is 4.39 Å². The van der Waals surface area contributed by atoms with Crippen molar-refractivity contribution in [3.63, 3.8) is 0 Å². The summed E-state index contributed by atoms with van der Waals surface area (Å²) < 4.78 is 13.2. The first-order valence-corrected chi connectivity index (χ1v) is 4.60. The third-order valence-corrected chi connectivity index (χ3v) is 2.46. The molecule has 13 heavy (non-hydrogen) atoms. The predicted molar refractivity (Wildman–Crippen MR) is 55.0 cm³/mol. The van der Waals surface area contributed by atoms with Gasteiger partial charge in [-0.3, -0.25) is 4.79 Å². The monoisotopic (exact) mass is 290 g/mol. The molecule has 2 aromatic rings. The van der Waals surface area contributed by atoms with Gasteiger partial charge in [-0.15, -0.1) is 0 Å². The number of nitrogens with one attached hydrogen (secondary N) is 1. The summed E-state index contributed by atoms with van der Waals surface area (Å²) in [7, 11) is 0. The smallest absolute Gasteiger partial charge is 0.214 e. The van der Waals surface area contributed by atoms with E-state index in [4.69, 9.17) is 0 Å². The maximum atomic E-state index is 12.6. The number of aromatic amines is 1. The number of fused-ring (bicyclic) bond motifs is 1. The van der Waals surface area contributed by atoms with Crippen molar-refractivity contribution in [2.24, 2.45) is 0 Å². The van der Waals surface area contributed by atoms with Gasteiger partial charge in [-0.05, 0) is 34.7 Å². The normalized spacial score (nSPS) is 10.6. The SMILES string of the molecule is O=c1c(I)c[nH]c2nc(F)ccc12. The number of hydrogen-bond acceptors (Lipinski definition) is 2. The van der Waals surface area contributed by atoms with Gasteiger partial charge in [-0.25, -0.2) is 4.98 Å². The van der Waals surface area contributed by atoms with E-state index >= 15 is 0 Å². The first-order chi connectivity index (χ1) is 6.18. The van der Waals surface area contributed by atoms with Gasteiger partial charge in [-0.1, -0.05) is 0 Å². The lowest BCUT2D eigenvalue weighted by Gasteiger charge is -1.96. The summed E-state index contributed by atoms with van der Waals surface area (Å²) in [6.07, 6.45) is 1.51. The molecule has 0 radical (unpaired) electrons. The van der Waals surface area contributed by atoms with Crippen molar-refractivity contribution >= 4 is 33.6 Å². The Bertz CT molecular complexity index is 523. The zero-order valence-electron chi connectivity index (χ0n) is 6.34. The van der Waals surface area contributed by atoms with Crippen LogP contribution in [0.3, 0.4) is 0 Å². The number of halogens is 2. The average molecular weight is 290 g/mol.